The Hall–Kier alpha value is -3.58. The number of allylic oxidation sites excluding steroid dienone is 9. The van der Waals surface area contributed by atoms with Gasteiger partial charge in [0.05, 0.1) is 19.3 Å². The second-order valence-electron chi connectivity index (χ2n) is 17.5. The van der Waals surface area contributed by atoms with Crippen LogP contribution in [-0.2, 0) is 46.3 Å². The number of phosphoric ester groups is 2. The van der Waals surface area contributed by atoms with E-state index in [-0.39, 0.29) is 31.5 Å². The molecule has 7 N–H and O–H groups in total. The molecule has 1 aromatic heterocycles. The summed E-state index contributed by atoms with van der Waals surface area (Å²) in [6, 6.07) is 1.24. The third kappa shape index (κ3) is 30.9. The van der Waals surface area contributed by atoms with Crippen molar-refractivity contribution < 1.29 is 71.4 Å². The number of nitrogen functional groups attached to an aromatic ring is 1. The third-order valence-corrected chi connectivity index (χ3v) is 13.8. The van der Waals surface area contributed by atoms with Crippen molar-refractivity contribution in [1.82, 2.24) is 9.55 Å². The molecular weight excluding hydrogens is 961 g/mol. The van der Waals surface area contributed by atoms with Crippen molar-refractivity contribution in [2.75, 3.05) is 25.6 Å². The molecule has 0 aromatic carbocycles. The fourth-order valence-electron chi connectivity index (χ4n) is 7.28. The lowest BCUT2D eigenvalue weighted by Gasteiger charge is -2.21. The van der Waals surface area contributed by atoms with Gasteiger partial charge in [0, 0.05) is 19.0 Å². The minimum absolute atomic E-state index is 0.0868. The Balaban J connectivity index is 1.86. The first-order valence-corrected chi connectivity index (χ1v) is 28.4. The molecule has 0 bridgehead atoms. The fraction of sp³-hybridized carbons (Fsp3) is 0.680. The quantitative estimate of drug-likeness (QED) is 0.0117. The van der Waals surface area contributed by atoms with E-state index in [0.29, 0.717) is 6.42 Å². The molecule has 0 spiro atoms. The first kappa shape index (κ1) is 63.5. The van der Waals surface area contributed by atoms with Gasteiger partial charge >= 0.3 is 33.3 Å². The molecular formula is C50H83N3O16P2. The molecule has 404 valence electrons. The number of esters is 2. The van der Waals surface area contributed by atoms with Gasteiger partial charge in [-0.25, -0.2) is 13.9 Å². The maximum atomic E-state index is 12.9. The normalized spacial score (nSPS) is 20.1. The maximum absolute atomic E-state index is 12.9. The summed E-state index contributed by atoms with van der Waals surface area (Å²) in [7, 11) is -10.9. The van der Waals surface area contributed by atoms with E-state index >= 15 is 0 Å². The number of unbranched alkanes of at least 4 members (excludes halogenated alkanes) is 14. The Labute approximate surface area is 420 Å². The average molecular weight is 1040 g/mol. The number of ether oxygens (including phenoxy) is 3. The highest BCUT2D eigenvalue weighted by Gasteiger charge is 2.46. The van der Waals surface area contributed by atoms with E-state index in [1.54, 1.807) is 12.2 Å². The molecule has 21 heteroatoms. The Morgan fingerprint density at radius 2 is 1.30 bits per heavy atom. The number of nitrogens with zero attached hydrogens (tertiary/aromatic N) is 2. The van der Waals surface area contributed by atoms with Gasteiger partial charge in [-0.05, 0) is 51.0 Å². The molecule has 1 aliphatic heterocycles. The van der Waals surface area contributed by atoms with Crippen molar-refractivity contribution in [2.45, 2.75) is 198 Å². The summed E-state index contributed by atoms with van der Waals surface area (Å²) >= 11 is 0. The van der Waals surface area contributed by atoms with Gasteiger partial charge < -0.3 is 45.1 Å². The van der Waals surface area contributed by atoms with Gasteiger partial charge in [0.15, 0.2) is 12.3 Å². The lowest BCUT2D eigenvalue weighted by molar-refractivity contribution is -0.161. The number of carbonyl (C=O) groups is 2. The summed E-state index contributed by atoms with van der Waals surface area (Å²) in [5, 5.41) is 31.3. The zero-order chi connectivity index (χ0) is 52.2. The van der Waals surface area contributed by atoms with Crippen LogP contribution in [0.4, 0.5) is 5.82 Å². The highest BCUT2D eigenvalue weighted by molar-refractivity contribution is 7.61. The summed E-state index contributed by atoms with van der Waals surface area (Å²) in [5.74, 6) is -1.51. The Bertz CT molecular complexity index is 1940. The Kier molecular flexibility index (Phi) is 34.1. The van der Waals surface area contributed by atoms with Crippen molar-refractivity contribution in [3.05, 3.63) is 83.5 Å². The number of aromatic nitrogens is 2. The van der Waals surface area contributed by atoms with Crippen molar-refractivity contribution in [1.29, 1.82) is 0 Å². The van der Waals surface area contributed by atoms with Crippen LogP contribution in [0.25, 0.3) is 0 Å². The molecule has 0 saturated carbocycles. The summed E-state index contributed by atoms with van der Waals surface area (Å²) in [5.41, 5.74) is 4.57. The molecule has 1 saturated heterocycles. The topological polar surface area (TPSA) is 286 Å². The first-order valence-electron chi connectivity index (χ1n) is 25.4. The zero-order valence-electron chi connectivity index (χ0n) is 41.9. The van der Waals surface area contributed by atoms with Crippen LogP contribution in [0.1, 0.15) is 168 Å². The fourth-order valence-corrected chi connectivity index (χ4v) is 9.39. The Morgan fingerprint density at radius 1 is 0.746 bits per heavy atom. The summed E-state index contributed by atoms with van der Waals surface area (Å²) in [6.45, 7) is 1.86. The van der Waals surface area contributed by atoms with Gasteiger partial charge in [-0.2, -0.15) is 9.29 Å². The zero-order valence-corrected chi connectivity index (χ0v) is 43.7. The number of anilines is 1. The van der Waals surface area contributed by atoms with Crippen LogP contribution in [-0.4, -0.2) is 96.9 Å². The van der Waals surface area contributed by atoms with Crippen LogP contribution in [0.2, 0.25) is 0 Å². The molecule has 3 unspecified atom stereocenters. The third-order valence-electron chi connectivity index (χ3n) is 11.2. The van der Waals surface area contributed by atoms with Crippen molar-refractivity contribution >= 4 is 33.4 Å². The number of hydrogen-bond acceptors (Lipinski definition) is 16. The lowest BCUT2D eigenvalue weighted by atomic mass is 10.0. The molecule has 2 rings (SSSR count). The van der Waals surface area contributed by atoms with E-state index in [4.69, 9.17) is 29.0 Å². The second-order valence-corrected chi connectivity index (χ2v) is 20.5. The lowest BCUT2D eigenvalue weighted by Crippen LogP contribution is -2.36. The minimum Gasteiger partial charge on any atom is -0.462 e. The number of aliphatic hydroxyl groups is 3. The van der Waals surface area contributed by atoms with E-state index < -0.39 is 89.8 Å². The standard InChI is InChI=1S/C50H83N3O16P2/c1-3-5-7-9-11-13-15-17-18-20-22-24-26-28-30-34-45(55)64-38-42(67-46(56)35-31-33-41(54)32-29-27-25-23-21-19-16-14-12-10-8-6-4-2)39-65-70(60,61)69-71(62,63)66-40-43-47(57)48(58)49(68-43)53-37-36-44(51)52-50(53)59/h6,8,12,14,19,21,25,27,29,32,36-37,41-43,47-49,54,57-58H,3-5,7,9-11,13,15-18,20,22-24,26,28,30-31,33-35,38-40H2,1-2H3,(H,60,61)(H,62,63)(H2,51,52,59)/b8-6-,14-12-,21-19-,27-25-,32-29+/t41?,42-,43-,47-,48-,49-/m1/s1. The van der Waals surface area contributed by atoms with Crippen LogP contribution < -0.4 is 11.4 Å². The number of nitrogens with two attached hydrogens (primary N) is 1. The number of rotatable bonds is 41. The minimum atomic E-state index is -5.47. The molecule has 0 amide bonds. The van der Waals surface area contributed by atoms with Crippen LogP contribution in [0.5, 0.6) is 0 Å². The van der Waals surface area contributed by atoms with Crippen molar-refractivity contribution in [3.8, 4) is 0 Å². The second kappa shape index (κ2) is 38.1. The SMILES string of the molecule is CC/C=C\C/C=C\C/C=C\C/C=C\C=C\C(O)CCCC(=O)O[C@H](COC(=O)CCCCCCCCCCCCCCCCC)COP(=O)(O)OP(=O)(O)OC[C@H]1O[C@@H](n2ccc(N)nc2=O)[C@H](O)[C@@H]1O. The van der Waals surface area contributed by atoms with Gasteiger partial charge in [-0.1, -0.05) is 164 Å². The van der Waals surface area contributed by atoms with Gasteiger partial charge in [0.1, 0.15) is 30.7 Å². The summed E-state index contributed by atoms with van der Waals surface area (Å²) in [6.07, 6.45) is 33.3. The predicted octanol–water partition coefficient (Wildman–Crippen LogP) is 9.30. The number of phosphoric acid groups is 2. The van der Waals surface area contributed by atoms with E-state index in [0.717, 1.165) is 62.1 Å². The first-order chi connectivity index (χ1) is 34.1. The smallest absolute Gasteiger partial charge is 0.462 e. The maximum Gasteiger partial charge on any atom is 0.481 e. The molecule has 71 heavy (non-hydrogen) atoms. The highest BCUT2D eigenvalue weighted by atomic mass is 31.3. The van der Waals surface area contributed by atoms with Crippen molar-refractivity contribution in [3.63, 3.8) is 0 Å². The van der Waals surface area contributed by atoms with E-state index in [2.05, 4.69) is 53.5 Å². The molecule has 1 fully saturated rings. The number of aliphatic hydroxyl groups excluding tert-OH is 3. The monoisotopic (exact) mass is 1040 g/mol. The predicted molar refractivity (Wildman–Crippen MR) is 272 cm³/mol. The van der Waals surface area contributed by atoms with Gasteiger partial charge in [-0.3, -0.25) is 23.2 Å². The van der Waals surface area contributed by atoms with Gasteiger partial charge in [-0.15, -0.1) is 0 Å². The van der Waals surface area contributed by atoms with Crippen LogP contribution in [0.3, 0.4) is 0 Å². The van der Waals surface area contributed by atoms with Crippen LogP contribution in [0, 0.1) is 0 Å². The number of carbonyl (C=O) groups excluding carboxylic acids is 2. The molecule has 19 nitrogen and oxygen atoms in total. The largest absolute Gasteiger partial charge is 0.481 e. The van der Waals surface area contributed by atoms with Gasteiger partial charge in [0.25, 0.3) is 0 Å². The molecule has 1 aromatic rings. The molecule has 1 aliphatic rings. The summed E-state index contributed by atoms with van der Waals surface area (Å²) < 4.78 is 56.6. The van der Waals surface area contributed by atoms with Crippen LogP contribution in [0.15, 0.2) is 77.8 Å². The average Bonchev–Trinajstić information content (AvgIpc) is 3.60. The van der Waals surface area contributed by atoms with E-state index in [9.17, 15) is 48.6 Å². The molecule has 0 radical (unpaired) electrons. The molecule has 2 heterocycles. The highest BCUT2D eigenvalue weighted by Crippen LogP contribution is 2.60. The van der Waals surface area contributed by atoms with Gasteiger partial charge in [0.2, 0.25) is 0 Å². The molecule has 0 aliphatic carbocycles. The van der Waals surface area contributed by atoms with E-state index in [1.807, 2.05) is 18.2 Å². The van der Waals surface area contributed by atoms with Crippen LogP contribution >= 0.6 is 15.6 Å². The Morgan fingerprint density at radius 3 is 1.89 bits per heavy atom. The van der Waals surface area contributed by atoms with Crippen molar-refractivity contribution in [2.24, 2.45) is 0 Å². The summed E-state index contributed by atoms with van der Waals surface area (Å²) in [4.78, 5) is 61.9. The number of hydrogen-bond donors (Lipinski definition) is 6. The van der Waals surface area contributed by atoms with E-state index in [1.165, 1.54) is 70.3 Å². The molecule has 8 atom stereocenters.